The van der Waals surface area contributed by atoms with Crippen LogP contribution >= 0.6 is 12.2 Å². The van der Waals surface area contributed by atoms with Crippen molar-refractivity contribution in [2.75, 3.05) is 17.6 Å². The van der Waals surface area contributed by atoms with E-state index in [9.17, 15) is 0 Å². The predicted molar refractivity (Wildman–Crippen MR) is 65.3 cm³/mol. The SMILES string of the molecule is C=CCNC(=S)Nc1ccc(N)cc1. The van der Waals surface area contributed by atoms with E-state index in [-0.39, 0.29) is 0 Å². The summed E-state index contributed by atoms with van der Waals surface area (Å²) in [7, 11) is 0. The minimum absolute atomic E-state index is 0.578. The standard InChI is InChI=1S/C10H13N3S/c1-2-7-12-10(14)13-9-5-3-8(11)4-6-9/h2-6H,1,7,11H2,(H2,12,13,14). The van der Waals surface area contributed by atoms with E-state index in [0.29, 0.717) is 11.7 Å². The van der Waals surface area contributed by atoms with Gasteiger partial charge in [-0.2, -0.15) is 0 Å². The second-order valence-electron chi connectivity index (χ2n) is 2.75. The fourth-order valence-corrected chi connectivity index (χ4v) is 1.11. The lowest BCUT2D eigenvalue weighted by atomic mass is 10.3. The van der Waals surface area contributed by atoms with Gasteiger partial charge >= 0.3 is 0 Å². The van der Waals surface area contributed by atoms with Crippen molar-refractivity contribution >= 4 is 28.7 Å². The Hall–Kier alpha value is -1.55. The molecule has 0 saturated carbocycles. The summed E-state index contributed by atoms with van der Waals surface area (Å²) in [4.78, 5) is 0. The lowest BCUT2D eigenvalue weighted by Crippen LogP contribution is -2.28. The average molecular weight is 207 g/mol. The van der Waals surface area contributed by atoms with Crippen molar-refractivity contribution in [3.8, 4) is 0 Å². The van der Waals surface area contributed by atoms with Crippen molar-refractivity contribution in [2.45, 2.75) is 0 Å². The Kier molecular flexibility index (Phi) is 3.94. The van der Waals surface area contributed by atoms with E-state index in [1.807, 2.05) is 24.3 Å². The second-order valence-corrected chi connectivity index (χ2v) is 3.15. The number of rotatable bonds is 3. The quantitative estimate of drug-likeness (QED) is 0.401. The highest BCUT2D eigenvalue weighted by Gasteiger charge is 1.94. The van der Waals surface area contributed by atoms with Gasteiger partial charge in [-0.1, -0.05) is 6.08 Å². The van der Waals surface area contributed by atoms with Gasteiger partial charge in [0.2, 0.25) is 0 Å². The molecule has 0 radical (unpaired) electrons. The molecule has 4 heteroatoms. The van der Waals surface area contributed by atoms with Crippen molar-refractivity contribution in [1.82, 2.24) is 5.32 Å². The van der Waals surface area contributed by atoms with Crippen LogP contribution in [-0.2, 0) is 0 Å². The predicted octanol–water partition coefficient (Wildman–Crippen LogP) is 1.74. The van der Waals surface area contributed by atoms with Crippen LogP contribution in [0.15, 0.2) is 36.9 Å². The summed E-state index contributed by atoms with van der Waals surface area (Å²) in [5, 5.41) is 6.57. The highest BCUT2D eigenvalue weighted by atomic mass is 32.1. The first-order valence-corrected chi connectivity index (χ1v) is 4.64. The molecule has 74 valence electrons. The zero-order valence-corrected chi connectivity index (χ0v) is 8.60. The van der Waals surface area contributed by atoms with Crippen LogP contribution in [-0.4, -0.2) is 11.7 Å². The van der Waals surface area contributed by atoms with E-state index < -0.39 is 0 Å². The van der Waals surface area contributed by atoms with Gasteiger partial charge in [-0.25, -0.2) is 0 Å². The maximum absolute atomic E-state index is 5.55. The smallest absolute Gasteiger partial charge is 0.171 e. The van der Waals surface area contributed by atoms with Gasteiger partial charge in [-0.05, 0) is 36.5 Å². The number of anilines is 2. The van der Waals surface area contributed by atoms with E-state index in [2.05, 4.69) is 17.2 Å². The topological polar surface area (TPSA) is 50.1 Å². The molecule has 0 aliphatic carbocycles. The van der Waals surface area contributed by atoms with Gasteiger partial charge in [0.25, 0.3) is 0 Å². The van der Waals surface area contributed by atoms with Crippen LogP contribution < -0.4 is 16.4 Å². The number of thiocarbonyl (C=S) groups is 1. The molecule has 0 spiro atoms. The molecular weight excluding hydrogens is 194 g/mol. The third-order valence-electron chi connectivity index (χ3n) is 1.58. The zero-order valence-electron chi connectivity index (χ0n) is 7.79. The number of hydrogen-bond acceptors (Lipinski definition) is 2. The van der Waals surface area contributed by atoms with Crippen LogP contribution in [0.25, 0.3) is 0 Å². The molecule has 0 unspecified atom stereocenters. The number of hydrogen-bond donors (Lipinski definition) is 3. The molecule has 1 rings (SSSR count). The third kappa shape index (κ3) is 3.45. The van der Waals surface area contributed by atoms with Crippen LogP contribution in [0.2, 0.25) is 0 Å². The summed E-state index contributed by atoms with van der Waals surface area (Å²) in [6.07, 6.45) is 1.75. The first-order chi connectivity index (χ1) is 6.72. The number of benzene rings is 1. The first-order valence-electron chi connectivity index (χ1n) is 4.23. The number of nitrogen functional groups attached to an aromatic ring is 1. The summed E-state index contributed by atoms with van der Waals surface area (Å²) in [5.74, 6) is 0. The fourth-order valence-electron chi connectivity index (χ4n) is 0.907. The summed E-state index contributed by atoms with van der Waals surface area (Å²) in [6, 6.07) is 7.38. The molecule has 1 aromatic carbocycles. The summed E-state index contributed by atoms with van der Waals surface area (Å²) < 4.78 is 0. The van der Waals surface area contributed by atoms with Gasteiger partial charge < -0.3 is 16.4 Å². The van der Waals surface area contributed by atoms with Crippen molar-refractivity contribution in [3.05, 3.63) is 36.9 Å². The summed E-state index contributed by atoms with van der Waals surface area (Å²) in [5.41, 5.74) is 7.20. The summed E-state index contributed by atoms with van der Waals surface area (Å²) >= 11 is 5.03. The van der Waals surface area contributed by atoms with Crippen LogP contribution in [0.3, 0.4) is 0 Å². The Bertz CT molecular complexity index is 319. The Balaban J connectivity index is 2.47. The molecule has 3 nitrogen and oxygen atoms in total. The lowest BCUT2D eigenvalue weighted by molar-refractivity contribution is 1.06. The molecule has 0 fully saturated rings. The van der Waals surface area contributed by atoms with Gasteiger partial charge in [-0.15, -0.1) is 6.58 Å². The van der Waals surface area contributed by atoms with E-state index in [4.69, 9.17) is 18.0 Å². The largest absolute Gasteiger partial charge is 0.399 e. The van der Waals surface area contributed by atoms with Crippen molar-refractivity contribution < 1.29 is 0 Å². The maximum atomic E-state index is 5.55. The minimum atomic E-state index is 0.578. The van der Waals surface area contributed by atoms with Crippen LogP contribution in [0.5, 0.6) is 0 Å². The Morgan fingerprint density at radius 2 is 2.07 bits per heavy atom. The second kappa shape index (κ2) is 5.24. The molecule has 0 aliphatic rings. The van der Waals surface area contributed by atoms with Gasteiger partial charge in [0.15, 0.2) is 5.11 Å². The van der Waals surface area contributed by atoms with E-state index >= 15 is 0 Å². The van der Waals surface area contributed by atoms with E-state index in [0.717, 1.165) is 11.4 Å². The fraction of sp³-hybridized carbons (Fsp3) is 0.100. The first kappa shape index (κ1) is 10.5. The lowest BCUT2D eigenvalue weighted by Gasteiger charge is -2.08. The van der Waals surface area contributed by atoms with Crippen LogP contribution in [0, 0.1) is 0 Å². The van der Waals surface area contributed by atoms with Gasteiger partial charge in [0.05, 0.1) is 0 Å². The highest BCUT2D eigenvalue weighted by molar-refractivity contribution is 7.80. The molecular formula is C10H13N3S. The molecule has 0 amide bonds. The normalized spacial score (nSPS) is 9.14. The van der Waals surface area contributed by atoms with Crippen molar-refractivity contribution in [2.24, 2.45) is 0 Å². The molecule has 4 N–H and O–H groups in total. The van der Waals surface area contributed by atoms with Gasteiger partial charge in [0, 0.05) is 17.9 Å². The molecule has 0 saturated heterocycles. The molecule has 0 bridgehead atoms. The van der Waals surface area contributed by atoms with Gasteiger partial charge in [0.1, 0.15) is 0 Å². The Labute approximate surface area is 89.0 Å². The Morgan fingerprint density at radius 1 is 1.43 bits per heavy atom. The zero-order chi connectivity index (χ0) is 10.4. The summed E-state index contributed by atoms with van der Waals surface area (Å²) in [6.45, 7) is 4.24. The number of nitrogens with one attached hydrogen (secondary N) is 2. The van der Waals surface area contributed by atoms with Crippen molar-refractivity contribution in [3.63, 3.8) is 0 Å². The molecule has 1 aromatic rings. The van der Waals surface area contributed by atoms with Crippen LogP contribution in [0.4, 0.5) is 11.4 Å². The highest BCUT2D eigenvalue weighted by Crippen LogP contribution is 2.09. The van der Waals surface area contributed by atoms with Gasteiger partial charge in [-0.3, -0.25) is 0 Å². The van der Waals surface area contributed by atoms with Crippen molar-refractivity contribution in [1.29, 1.82) is 0 Å². The Morgan fingerprint density at radius 3 is 2.64 bits per heavy atom. The van der Waals surface area contributed by atoms with E-state index in [1.165, 1.54) is 0 Å². The minimum Gasteiger partial charge on any atom is -0.399 e. The third-order valence-corrected chi connectivity index (χ3v) is 1.82. The van der Waals surface area contributed by atoms with E-state index in [1.54, 1.807) is 6.08 Å². The molecule has 0 atom stereocenters. The monoisotopic (exact) mass is 207 g/mol. The molecule has 14 heavy (non-hydrogen) atoms. The molecule has 0 aromatic heterocycles. The molecule has 0 aliphatic heterocycles. The number of nitrogens with two attached hydrogens (primary N) is 1. The van der Waals surface area contributed by atoms with Crippen LogP contribution in [0.1, 0.15) is 0 Å². The average Bonchev–Trinajstić information content (AvgIpc) is 2.18. The maximum Gasteiger partial charge on any atom is 0.171 e. The molecule has 0 heterocycles.